The Morgan fingerprint density at radius 3 is 2.32 bits per heavy atom. The first-order chi connectivity index (χ1) is 13.4. The number of nitrogens with one attached hydrogen (secondary N) is 1. The number of sulfonamides is 1. The van der Waals surface area contributed by atoms with Crippen LogP contribution < -0.4 is 5.32 Å². The lowest BCUT2D eigenvalue weighted by molar-refractivity contribution is -0.126. The van der Waals surface area contributed by atoms with Crippen molar-refractivity contribution in [2.75, 3.05) is 13.1 Å². The number of amides is 1. The predicted molar refractivity (Wildman–Crippen MR) is 111 cm³/mol. The molecule has 3 rings (SSSR count). The van der Waals surface area contributed by atoms with E-state index in [9.17, 15) is 13.2 Å². The van der Waals surface area contributed by atoms with Crippen molar-refractivity contribution in [2.24, 2.45) is 5.92 Å². The summed E-state index contributed by atoms with van der Waals surface area (Å²) >= 11 is 0. The molecular weight excluding hydrogens is 372 g/mol. The van der Waals surface area contributed by atoms with Gasteiger partial charge in [-0.1, -0.05) is 54.6 Å². The van der Waals surface area contributed by atoms with Crippen molar-refractivity contribution in [1.29, 1.82) is 0 Å². The molecule has 1 aliphatic heterocycles. The molecule has 150 valence electrons. The van der Waals surface area contributed by atoms with Gasteiger partial charge in [-0.3, -0.25) is 4.79 Å². The lowest BCUT2D eigenvalue weighted by Crippen LogP contribution is -2.43. The van der Waals surface area contributed by atoms with Crippen LogP contribution in [0.5, 0.6) is 0 Å². The summed E-state index contributed by atoms with van der Waals surface area (Å²) in [5.41, 5.74) is 2.88. The van der Waals surface area contributed by atoms with Gasteiger partial charge in [-0.2, -0.15) is 0 Å². The van der Waals surface area contributed by atoms with E-state index < -0.39 is 10.0 Å². The third-order valence-corrected chi connectivity index (χ3v) is 7.30. The van der Waals surface area contributed by atoms with E-state index in [0.29, 0.717) is 25.9 Å². The molecule has 1 atom stereocenters. The van der Waals surface area contributed by atoms with Crippen LogP contribution in [0.15, 0.2) is 54.6 Å². The highest BCUT2D eigenvalue weighted by Crippen LogP contribution is 2.23. The van der Waals surface area contributed by atoms with Gasteiger partial charge in [0.15, 0.2) is 0 Å². The predicted octanol–water partition coefficient (Wildman–Crippen LogP) is 3.41. The van der Waals surface area contributed by atoms with Crippen LogP contribution in [0.3, 0.4) is 0 Å². The Balaban J connectivity index is 1.55. The third kappa shape index (κ3) is 5.00. The lowest BCUT2D eigenvalue weighted by atomic mass is 9.96. The molecule has 1 N–H and O–H groups in total. The van der Waals surface area contributed by atoms with Crippen LogP contribution >= 0.6 is 0 Å². The van der Waals surface area contributed by atoms with E-state index >= 15 is 0 Å². The van der Waals surface area contributed by atoms with Gasteiger partial charge in [0.05, 0.1) is 11.8 Å². The first kappa shape index (κ1) is 20.6. The largest absolute Gasteiger partial charge is 0.349 e. The summed E-state index contributed by atoms with van der Waals surface area (Å²) in [6.07, 6.45) is 1.11. The molecule has 0 unspecified atom stereocenters. The van der Waals surface area contributed by atoms with Crippen LogP contribution in [0.2, 0.25) is 0 Å². The van der Waals surface area contributed by atoms with Crippen molar-refractivity contribution in [1.82, 2.24) is 9.62 Å². The Bertz CT molecular complexity index is 904. The van der Waals surface area contributed by atoms with Crippen LogP contribution in [-0.2, 0) is 20.6 Å². The van der Waals surface area contributed by atoms with Crippen LogP contribution in [-0.4, -0.2) is 31.7 Å². The summed E-state index contributed by atoms with van der Waals surface area (Å²) in [7, 11) is -3.37. The molecule has 0 bridgehead atoms. The lowest BCUT2D eigenvalue weighted by Gasteiger charge is -2.31. The van der Waals surface area contributed by atoms with Crippen molar-refractivity contribution in [2.45, 2.75) is 38.5 Å². The molecule has 1 saturated heterocycles. The highest BCUT2D eigenvalue weighted by Gasteiger charge is 2.31. The van der Waals surface area contributed by atoms with Crippen molar-refractivity contribution >= 4 is 15.9 Å². The molecule has 0 saturated carbocycles. The minimum atomic E-state index is -3.37. The average molecular weight is 401 g/mol. The van der Waals surface area contributed by atoms with Gasteiger partial charge in [0, 0.05) is 19.0 Å². The number of carbonyl (C=O) groups is 1. The number of benzene rings is 2. The molecule has 0 aromatic heterocycles. The average Bonchev–Trinajstić information content (AvgIpc) is 2.70. The van der Waals surface area contributed by atoms with E-state index in [4.69, 9.17) is 0 Å². The Morgan fingerprint density at radius 2 is 1.68 bits per heavy atom. The zero-order valence-electron chi connectivity index (χ0n) is 16.5. The van der Waals surface area contributed by atoms with Crippen LogP contribution in [0.1, 0.15) is 42.5 Å². The molecule has 1 aliphatic rings. The van der Waals surface area contributed by atoms with E-state index in [1.165, 1.54) is 4.31 Å². The molecule has 1 heterocycles. The Morgan fingerprint density at radius 1 is 1.07 bits per heavy atom. The number of aryl methyl sites for hydroxylation is 1. The molecule has 0 aliphatic carbocycles. The maximum Gasteiger partial charge on any atom is 0.223 e. The molecular formula is C22H28N2O3S. The highest BCUT2D eigenvalue weighted by atomic mass is 32.2. The molecule has 0 spiro atoms. The molecule has 0 radical (unpaired) electrons. The van der Waals surface area contributed by atoms with Crippen LogP contribution in [0, 0.1) is 12.8 Å². The number of nitrogens with zero attached hydrogens (tertiary/aromatic N) is 1. The maximum atomic E-state index is 12.8. The van der Waals surface area contributed by atoms with Gasteiger partial charge < -0.3 is 5.32 Å². The molecule has 5 nitrogen and oxygen atoms in total. The quantitative estimate of drug-likeness (QED) is 0.808. The number of hydrogen-bond acceptors (Lipinski definition) is 3. The summed E-state index contributed by atoms with van der Waals surface area (Å²) in [6.45, 7) is 4.68. The van der Waals surface area contributed by atoms with Gasteiger partial charge in [0.1, 0.15) is 0 Å². The molecule has 1 amide bonds. The topological polar surface area (TPSA) is 66.5 Å². The van der Waals surface area contributed by atoms with Gasteiger partial charge in [-0.05, 0) is 43.4 Å². The molecule has 1 fully saturated rings. The van der Waals surface area contributed by atoms with E-state index in [1.807, 2.05) is 68.4 Å². The standard InChI is InChI=1S/C22H28N2O3S/c1-17-8-6-7-11-21(17)16-28(26,27)24-14-12-20(13-15-24)22(25)23-18(2)19-9-4-3-5-10-19/h3-11,18,20H,12-16H2,1-2H3,(H,23,25)/t18-/m0/s1. The zero-order valence-corrected chi connectivity index (χ0v) is 17.3. The summed E-state index contributed by atoms with van der Waals surface area (Å²) in [5.74, 6) is -0.120. The van der Waals surface area contributed by atoms with E-state index in [2.05, 4.69) is 5.32 Å². The minimum Gasteiger partial charge on any atom is -0.349 e. The number of hydrogen-bond donors (Lipinski definition) is 1. The summed E-state index contributed by atoms with van der Waals surface area (Å²) in [5, 5.41) is 3.06. The van der Waals surface area contributed by atoms with Crippen molar-refractivity contribution < 1.29 is 13.2 Å². The minimum absolute atomic E-state index is 0.00676. The fraction of sp³-hybridized carbons (Fsp3) is 0.409. The zero-order chi connectivity index (χ0) is 20.1. The first-order valence-corrected chi connectivity index (χ1v) is 11.4. The summed E-state index contributed by atoms with van der Waals surface area (Å²) < 4.78 is 27.1. The van der Waals surface area contributed by atoms with Gasteiger partial charge in [0.2, 0.25) is 15.9 Å². The molecule has 2 aromatic rings. The maximum absolute atomic E-state index is 12.8. The molecule has 28 heavy (non-hydrogen) atoms. The second-order valence-corrected chi connectivity index (χ2v) is 9.47. The normalized spacial score (nSPS) is 17.2. The number of rotatable bonds is 6. The van der Waals surface area contributed by atoms with Gasteiger partial charge >= 0.3 is 0 Å². The van der Waals surface area contributed by atoms with Crippen LogP contribution in [0.25, 0.3) is 0 Å². The second kappa shape index (κ2) is 8.88. The number of piperidine rings is 1. The van der Waals surface area contributed by atoms with Gasteiger partial charge in [-0.15, -0.1) is 0 Å². The smallest absolute Gasteiger partial charge is 0.223 e. The van der Waals surface area contributed by atoms with E-state index in [-0.39, 0.29) is 23.6 Å². The fourth-order valence-corrected chi connectivity index (χ4v) is 5.28. The van der Waals surface area contributed by atoms with Crippen molar-refractivity contribution in [3.8, 4) is 0 Å². The monoisotopic (exact) mass is 400 g/mol. The van der Waals surface area contributed by atoms with Crippen molar-refractivity contribution in [3.05, 3.63) is 71.3 Å². The SMILES string of the molecule is Cc1ccccc1CS(=O)(=O)N1CCC(C(=O)N[C@@H](C)c2ccccc2)CC1. The Labute approximate surface area is 167 Å². The van der Waals surface area contributed by atoms with Gasteiger partial charge in [0.25, 0.3) is 0 Å². The first-order valence-electron chi connectivity index (χ1n) is 9.74. The Kier molecular flexibility index (Phi) is 6.52. The second-order valence-electron chi connectivity index (χ2n) is 7.50. The summed E-state index contributed by atoms with van der Waals surface area (Å²) in [6, 6.07) is 17.3. The van der Waals surface area contributed by atoms with Crippen molar-refractivity contribution in [3.63, 3.8) is 0 Å². The van der Waals surface area contributed by atoms with Crippen LogP contribution in [0.4, 0.5) is 0 Å². The van der Waals surface area contributed by atoms with E-state index in [0.717, 1.165) is 16.7 Å². The molecule has 2 aromatic carbocycles. The number of carbonyl (C=O) groups excluding carboxylic acids is 1. The van der Waals surface area contributed by atoms with Gasteiger partial charge in [-0.25, -0.2) is 12.7 Å². The highest BCUT2D eigenvalue weighted by molar-refractivity contribution is 7.88. The third-order valence-electron chi connectivity index (χ3n) is 5.48. The van der Waals surface area contributed by atoms with E-state index in [1.54, 1.807) is 0 Å². The molecule has 6 heteroatoms. The Hall–Kier alpha value is -2.18. The fourth-order valence-electron chi connectivity index (χ4n) is 3.61. The summed E-state index contributed by atoms with van der Waals surface area (Å²) in [4.78, 5) is 12.6.